The first kappa shape index (κ1) is 9.60. The van der Waals surface area contributed by atoms with E-state index in [9.17, 15) is 0 Å². The zero-order valence-corrected chi connectivity index (χ0v) is 9.38. The fraction of sp³-hybridized carbons (Fsp3) is 0.231. The Balaban J connectivity index is 2.63. The Bertz CT molecular complexity index is 458. The van der Waals surface area contributed by atoms with Crippen LogP contribution in [0, 0.1) is 0 Å². The van der Waals surface area contributed by atoms with Crippen LogP contribution < -0.4 is 0 Å². The highest BCUT2D eigenvalue weighted by atomic mass is 32.1. The summed E-state index contributed by atoms with van der Waals surface area (Å²) in [6.07, 6.45) is 0. The van der Waals surface area contributed by atoms with Gasteiger partial charge in [-0.1, -0.05) is 38.1 Å². The molecule has 0 fully saturated rings. The third-order valence-corrected chi connectivity index (χ3v) is 2.79. The van der Waals surface area contributed by atoms with Crippen LogP contribution in [0.1, 0.15) is 25.3 Å². The van der Waals surface area contributed by atoms with E-state index in [-0.39, 0.29) is 0 Å². The number of hydrogen-bond donors (Lipinski definition) is 1. The first-order valence-electron chi connectivity index (χ1n) is 4.89. The lowest BCUT2D eigenvalue weighted by molar-refractivity contribution is 0.869. The fourth-order valence-corrected chi connectivity index (χ4v) is 1.83. The maximum atomic E-state index is 4.35. The first-order chi connectivity index (χ1) is 6.66. The van der Waals surface area contributed by atoms with Crippen molar-refractivity contribution in [2.45, 2.75) is 24.7 Å². The van der Waals surface area contributed by atoms with Crippen LogP contribution in [0.3, 0.4) is 0 Å². The monoisotopic (exact) mass is 202 g/mol. The van der Waals surface area contributed by atoms with Crippen molar-refractivity contribution < 1.29 is 0 Å². The van der Waals surface area contributed by atoms with Crippen molar-refractivity contribution in [3.63, 3.8) is 0 Å². The van der Waals surface area contributed by atoms with Gasteiger partial charge in [-0.25, -0.2) is 0 Å². The van der Waals surface area contributed by atoms with Crippen LogP contribution >= 0.6 is 12.6 Å². The molecule has 1 heteroatoms. The average Bonchev–Trinajstić information content (AvgIpc) is 2.16. The van der Waals surface area contributed by atoms with Gasteiger partial charge < -0.3 is 0 Å². The maximum Gasteiger partial charge on any atom is 0.00463 e. The molecule has 2 aromatic carbocycles. The van der Waals surface area contributed by atoms with E-state index in [0.717, 1.165) is 4.90 Å². The highest BCUT2D eigenvalue weighted by molar-refractivity contribution is 7.80. The van der Waals surface area contributed by atoms with Gasteiger partial charge in [0.25, 0.3) is 0 Å². The summed E-state index contributed by atoms with van der Waals surface area (Å²) < 4.78 is 0. The molecular formula is C13H14S. The van der Waals surface area contributed by atoms with Gasteiger partial charge in [0.1, 0.15) is 0 Å². The molecule has 0 aliphatic heterocycles. The molecular weight excluding hydrogens is 188 g/mol. The Morgan fingerprint density at radius 3 is 2.36 bits per heavy atom. The summed E-state index contributed by atoms with van der Waals surface area (Å²) in [6.45, 7) is 4.43. The van der Waals surface area contributed by atoms with E-state index in [0.29, 0.717) is 5.92 Å². The molecule has 0 N–H and O–H groups in total. The van der Waals surface area contributed by atoms with Crippen molar-refractivity contribution in [3.05, 3.63) is 42.0 Å². The Kier molecular flexibility index (Phi) is 2.51. The lowest BCUT2D eigenvalue weighted by atomic mass is 9.99. The second-order valence-corrected chi connectivity index (χ2v) is 4.46. The van der Waals surface area contributed by atoms with Gasteiger partial charge in [-0.3, -0.25) is 0 Å². The van der Waals surface area contributed by atoms with Gasteiger partial charge >= 0.3 is 0 Å². The molecule has 0 bridgehead atoms. The fourth-order valence-electron chi connectivity index (χ4n) is 1.61. The minimum absolute atomic E-state index is 0.586. The number of thiol groups is 1. The second-order valence-electron chi connectivity index (χ2n) is 3.95. The molecule has 14 heavy (non-hydrogen) atoms. The van der Waals surface area contributed by atoms with E-state index in [1.165, 1.54) is 16.3 Å². The largest absolute Gasteiger partial charge is 0.143 e. The van der Waals surface area contributed by atoms with Crippen LogP contribution in [0.4, 0.5) is 0 Å². The van der Waals surface area contributed by atoms with Crippen LogP contribution in [0.25, 0.3) is 10.8 Å². The summed E-state index contributed by atoms with van der Waals surface area (Å²) >= 11 is 4.35. The molecule has 0 radical (unpaired) electrons. The van der Waals surface area contributed by atoms with Gasteiger partial charge in [0.05, 0.1) is 0 Å². The molecule has 0 amide bonds. The summed E-state index contributed by atoms with van der Waals surface area (Å²) in [4.78, 5) is 1.03. The Morgan fingerprint density at radius 2 is 1.64 bits per heavy atom. The number of fused-ring (bicyclic) bond motifs is 1. The Labute approximate surface area is 90.4 Å². The molecule has 0 atom stereocenters. The van der Waals surface area contributed by atoms with E-state index >= 15 is 0 Å². The van der Waals surface area contributed by atoms with Crippen LogP contribution in [0.15, 0.2) is 41.3 Å². The zero-order valence-electron chi connectivity index (χ0n) is 8.49. The molecule has 2 aromatic rings. The summed E-state index contributed by atoms with van der Waals surface area (Å²) in [5.74, 6) is 0.586. The third kappa shape index (κ3) is 1.78. The molecule has 2 rings (SSSR count). The standard InChI is InChI=1S/C13H14S/c1-9(2)11-4-3-10-5-6-13(14)8-12(10)7-11/h3-9,14H,1-2H3. The minimum atomic E-state index is 0.586. The van der Waals surface area contributed by atoms with Crippen molar-refractivity contribution in [1.29, 1.82) is 0 Å². The van der Waals surface area contributed by atoms with Crippen molar-refractivity contribution in [2.24, 2.45) is 0 Å². The minimum Gasteiger partial charge on any atom is -0.143 e. The van der Waals surface area contributed by atoms with Gasteiger partial charge in [0, 0.05) is 4.90 Å². The number of rotatable bonds is 1. The number of benzene rings is 2. The predicted molar refractivity (Wildman–Crippen MR) is 65.3 cm³/mol. The molecule has 0 aromatic heterocycles. The van der Waals surface area contributed by atoms with Crippen LogP contribution in [-0.4, -0.2) is 0 Å². The average molecular weight is 202 g/mol. The normalized spacial score (nSPS) is 11.1. The molecule has 0 nitrogen and oxygen atoms in total. The van der Waals surface area contributed by atoms with Gasteiger partial charge in [-0.2, -0.15) is 0 Å². The Hall–Kier alpha value is -0.950. The van der Waals surface area contributed by atoms with Gasteiger partial charge in [-0.05, 0) is 34.4 Å². The van der Waals surface area contributed by atoms with E-state index < -0.39 is 0 Å². The van der Waals surface area contributed by atoms with E-state index in [4.69, 9.17) is 0 Å². The van der Waals surface area contributed by atoms with Crippen molar-refractivity contribution in [3.8, 4) is 0 Å². The number of hydrogen-bond acceptors (Lipinski definition) is 1. The topological polar surface area (TPSA) is 0 Å². The highest BCUT2D eigenvalue weighted by Crippen LogP contribution is 2.23. The van der Waals surface area contributed by atoms with Crippen LogP contribution in [-0.2, 0) is 0 Å². The molecule has 0 spiro atoms. The van der Waals surface area contributed by atoms with Crippen LogP contribution in [0.5, 0.6) is 0 Å². The first-order valence-corrected chi connectivity index (χ1v) is 5.34. The van der Waals surface area contributed by atoms with Crippen molar-refractivity contribution >= 4 is 23.4 Å². The van der Waals surface area contributed by atoms with Gasteiger partial charge in [0.2, 0.25) is 0 Å². The molecule has 0 unspecified atom stereocenters. The summed E-state index contributed by atoms with van der Waals surface area (Å²) in [7, 11) is 0. The second kappa shape index (κ2) is 3.66. The molecule has 0 aliphatic rings. The van der Waals surface area contributed by atoms with Crippen molar-refractivity contribution in [1.82, 2.24) is 0 Å². The molecule has 0 aliphatic carbocycles. The lowest BCUT2D eigenvalue weighted by Crippen LogP contribution is -1.86. The molecule has 0 saturated heterocycles. The van der Waals surface area contributed by atoms with Crippen LogP contribution in [0.2, 0.25) is 0 Å². The Morgan fingerprint density at radius 1 is 0.929 bits per heavy atom. The highest BCUT2D eigenvalue weighted by Gasteiger charge is 2.00. The van der Waals surface area contributed by atoms with E-state index in [1.54, 1.807) is 0 Å². The summed E-state index contributed by atoms with van der Waals surface area (Å²) in [5.41, 5.74) is 1.39. The maximum absolute atomic E-state index is 4.35. The SMILES string of the molecule is CC(C)c1ccc2ccc(S)cc2c1. The third-order valence-electron chi connectivity index (χ3n) is 2.51. The zero-order chi connectivity index (χ0) is 10.1. The van der Waals surface area contributed by atoms with Crippen molar-refractivity contribution in [2.75, 3.05) is 0 Å². The lowest BCUT2D eigenvalue weighted by Gasteiger charge is -2.07. The molecule has 72 valence electrons. The predicted octanol–water partition coefficient (Wildman–Crippen LogP) is 4.25. The smallest absolute Gasteiger partial charge is 0.00463 e. The van der Waals surface area contributed by atoms with E-state index in [2.05, 4.69) is 56.8 Å². The quantitative estimate of drug-likeness (QED) is 0.657. The van der Waals surface area contributed by atoms with Gasteiger partial charge in [0.15, 0.2) is 0 Å². The summed E-state index contributed by atoms with van der Waals surface area (Å²) in [6, 6.07) is 12.9. The molecule has 0 saturated carbocycles. The van der Waals surface area contributed by atoms with Gasteiger partial charge in [-0.15, -0.1) is 12.6 Å². The molecule has 0 heterocycles. The summed E-state index contributed by atoms with van der Waals surface area (Å²) in [5, 5.41) is 2.57. The van der Waals surface area contributed by atoms with E-state index in [1.807, 2.05) is 6.07 Å².